The van der Waals surface area contributed by atoms with E-state index < -0.39 is 22.7 Å². The van der Waals surface area contributed by atoms with Gasteiger partial charge in [0.05, 0.1) is 10.8 Å². The normalized spacial score (nSPS) is 17.1. The van der Waals surface area contributed by atoms with Gasteiger partial charge in [0.25, 0.3) is 11.6 Å². The van der Waals surface area contributed by atoms with Gasteiger partial charge in [-0.2, -0.15) is 0 Å². The van der Waals surface area contributed by atoms with Crippen LogP contribution >= 0.6 is 0 Å². The number of hydrogen-bond donors (Lipinski definition) is 4. The van der Waals surface area contributed by atoms with Gasteiger partial charge in [-0.1, -0.05) is 42.2 Å². The Balaban J connectivity index is 1.40. The SMILES string of the molecule is O=C(NO)C1C#CC1c1ccc(CNCCc2c[nH]c3ccccc23)cc1[N+](=O)[O-]. The van der Waals surface area contributed by atoms with E-state index in [2.05, 4.69) is 28.2 Å². The third-order valence-electron chi connectivity index (χ3n) is 5.32. The summed E-state index contributed by atoms with van der Waals surface area (Å²) in [6.45, 7) is 1.21. The van der Waals surface area contributed by atoms with Gasteiger partial charge in [0, 0.05) is 35.3 Å². The molecule has 2 aromatic carbocycles. The highest BCUT2D eigenvalue weighted by Gasteiger charge is 2.36. The number of hydroxylamine groups is 1. The van der Waals surface area contributed by atoms with Gasteiger partial charge in [0.1, 0.15) is 5.92 Å². The molecule has 152 valence electrons. The molecule has 30 heavy (non-hydrogen) atoms. The summed E-state index contributed by atoms with van der Waals surface area (Å²) in [5.41, 5.74) is 4.97. The van der Waals surface area contributed by atoms with Crippen LogP contribution in [0.2, 0.25) is 0 Å². The molecule has 1 heterocycles. The number of amides is 1. The Morgan fingerprint density at radius 1 is 1.23 bits per heavy atom. The first-order chi connectivity index (χ1) is 14.6. The van der Waals surface area contributed by atoms with Gasteiger partial charge in [-0.15, -0.1) is 0 Å². The van der Waals surface area contributed by atoms with Crippen molar-refractivity contribution in [1.82, 2.24) is 15.8 Å². The number of benzene rings is 2. The van der Waals surface area contributed by atoms with Crippen LogP contribution in [0.15, 0.2) is 48.7 Å². The Bertz CT molecular complexity index is 1170. The summed E-state index contributed by atoms with van der Waals surface area (Å²) in [4.78, 5) is 26.0. The molecule has 4 rings (SSSR count). The lowest BCUT2D eigenvalue weighted by atomic mass is 9.79. The fourth-order valence-electron chi connectivity index (χ4n) is 3.71. The van der Waals surface area contributed by atoms with Crippen LogP contribution in [-0.2, 0) is 17.8 Å². The number of rotatable bonds is 8. The number of nitrogens with one attached hydrogen (secondary N) is 3. The van der Waals surface area contributed by atoms with Crippen molar-refractivity contribution < 1.29 is 14.9 Å². The number of nitrogens with zero attached hydrogens (tertiary/aromatic N) is 1. The molecule has 3 aromatic rings. The molecule has 8 heteroatoms. The van der Waals surface area contributed by atoms with Crippen LogP contribution in [-0.4, -0.2) is 27.6 Å². The zero-order valence-corrected chi connectivity index (χ0v) is 16.0. The van der Waals surface area contributed by atoms with E-state index >= 15 is 0 Å². The van der Waals surface area contributed by atoms with Gasteiger partial charge < -0.3 is 10.3 Å². The zero-order chi connectivity index (χ0) is 21.1. The van der Waals surface area contributed by atoms with Crippen LogP contribution in [0.3, 0.4) is 0 Å². The van der Waals surface area contributed by atoms with Crippen LogP contribution in [0.1, 0.15) is 22.6 Å². The first kappa shape index (κ1) is 19.6. The van der Waals surface area contributed by atoms with Crippen LogP contribution < -0.4 is 10.8 Å². The van der Waals surface area contributed by atoms with E-state index in [-0.39, 0.29) is 5.69 Å². The van der Waals surface area contributed by atoms with Gasteiger partial charge in [0.2, 0.25) is 0 Å². The number of carbonyl (C=O) groups is 1. The molecule has 1 aliphatic carbocycles. The van der Waals surface area contributed by atoms with Crippen molar-refractivity contribution in [3.8, 4) is 11.8 Å². The van der Waals surface area contributed by atoms with Gasteiger partial charge in [0.15, 0.2) is 0 Å². The van der Waals surface area contributed by atoms with Crippen molar-refractivity contribution in [2.24, 2.45) is 5.92 Å². The zero-order valence-electron chi connectivity index (χ0n) is 16.0. The minimum Gasteiger partial charge on any atom is -0.361 e. The quantitative estimate of drug-likeness (QED) is 0.151. The fraction of sp³-hybridized carbons (Fsp3) is 0.227. The molecule has 0 spiro atoms. The minimum atomic E-state index is -0.783. The molecule has 0 aliphatic heterocycles. The number of aromatic amines is 1. The summed E-state index contributed by atoms with van der Waals surface area (Å²) in [6, 6.07) is 13.1. The molecule has 2 atom stereocenters. The highest BCUT2D eigenvalue weighted by Crippen LogP contribution is 2.36. The average molecular weight is 404 g/mol. The highest BCUT2D eigenvalue weighted by molar-refractivity contribution is 5.85. The minimum absolute atomic E-state index is 0.0688. The van der Waals surface area contributed by atoms with Crippen molar-refractivity contribution >= 4 is 22.5 Å². The molecule has 0 saturated carbocycles. The Hall–Kier alpha value is -3.67. The Kier molecular flexibility index (Phi) is 5.48. The number of carbonyl (C=O) groups excluding carboxylic acids is 1. The number of hydrogen-bond acceptors (Lipinski definition) is 5. The van der Waals surface area contributed by atoms with Crippen molar-refractivity contribution in [3.05, 3.63) is 75.5 Å². The first-order valence-electron chi connectivity index (χ1n) is 9.56. The summed E-state index contributed by atoms with van der Waals surface area (Å²) < 4.78 is 0. The fourth-order valence-corrected chi connectivity index (χ4v) is 3.71. The second-order valence-corrected chi connectivity index (χ2v) is 7.16. The second kappa shape index (κ2) is 8.37. The lowest BCUT2D eigenvalue weighted by Crippen LogP contribution is -2.34. The smallest absolute Gasteiger partial charge is 0.274 e. The molecule has 0 bridgehead atoms. The maximum atomic E-state index is 11.6. The molecule has 4 N–H and O–H groups in total. The van der Waals surface area contributed by atoms with Gasteiger partial charge in [-0.3, -0.25) is 20.1 Å². The summed E-state index contributed by atoms with van der Waals surface area (Å²) in [5.74, 6) is 3.38. The molecular weight excluding hydrogens is 384 g/mol. The third kappa shape index (κ3) is 3.76. The maximum absolute atomic E-state index is 11.6. The summed E-state index contributed by atoms with van der Waals surface area (Å²) in [5, 5.41) is 24.9. The van der Waals surface area contributed by atoms with Crippen molar-refractivity contribution in [2.45, 2.75) is 18.9 Å². The number of para-hydroxylation sites is 1. The lowest BCUT2D eigenvalue weighted by molar-refractivity contribution is -0.385. The van der Waals surface area contributed by atoms with E-state index in [9.17, 15) is 14.9 Å². The number of nitro groups is 1. The standard InChI is InChI=1S/C22H20N4O4/c27-22(25-28)19-8-7-17(19)18-6-5-14(11-21(18)26(29)30)12-23-10-9-15-13-24-20-4-2-1-3-16(15)20/h1-6,11,13,17,19,23-24,28H,9-10,12H2,(H,25,27). The monoisotopic (exact) mass is 404 g/mol. The Morgan fingerprint density at radius 2 is 2.07 bits per heavy atom. The van der Waals surface area contributed by atoms with Crippen LogP contribution in [0.4, 0.5) is 5.69 Å². The van der Waals surface area contributed by atoms with Crippen molar-refractivity contribution in [1.29, 1.82) is 0 Å². The Morgan fingerprint density at radius 3 is 2.80 bits per heavy atom. The van der Waals surface area contributed by atoms with E-state index in [4.69, 9.17) is 5.21 Å². The summed E-state index contributed by atoms with van der Waals surface area (Å²) >= 11 is 0. The molecule has 1 aromatic heterocycles. The summed E-state index contributed by atoms with van der Waals surface area (Å²) in [7, 11) is 0. The number of aromatic nitrogens is 1. The van der Waals surface area contributed by atoms with Crippen LogP contribution in [0, 0.1) is 27.9 Å². The van der Waals surface area contributed by atoms with Crippen LogP contribution in [0.25, 0.3) is 10.9 Å². The molecule has 0 radical (unpaired) electrons. The topological polar surface area (TPSA) is 120 Å². The van der Waals surface area contributed by atoms with E-state index in [1.165, 1.54) is 17.0 Å². The van der Waals surface area contributed by atoms with E-state index in [1.807, 2.05) is 24.4 Å². The Labute approximate surface area is 172 Å². The van der Waals surface area contributed by atoms with E-state index in [0.717, 1.165) is 24.0 Å². The molecular formula is C22H20N4O4. The molecule has 8 nitrogen and oxygen atoms in total. The van der Waals surface area contributed by atoms with Crippen LogP contribution in [0.5, 0.6) is 0 Å². The van der Waals surface area contributed by atoms with E-state index in [0.29, 0.717) is 12.1 Å². The maximum Gasteiger partial charge on any atom is 0.274 e. The number of fused-ring (bicyclic) bond motifs is 1. The molecule has 0 saturated heterocycles. The van der Waals surface area contributed by atoms with Gasteiger partial charge >= 0.3 is 0 Å². The molecule has 0 fully saturated rings. The number of nitro benzene ring substituents is 1. The van der Waals surface area contributed by atoms with Gasteiger partial charge in [-0.25, -0.2) is 5.48 Å². The van der Waals surface area contributed by atoms with Crippen molar-refractivity contribution in [2.75, 3.05) is 6.54 Å². The first-order valence-corrected chi connectivity index (χ1v) is 9.56. The van der Waals surface area contributed by atoms with Gasteiger partial charge in [-0.05, 0) is 30.2 Å². The van der Waals surface area contributed by atoms with Crippen molar-refractivity contribution in [3.63, 3.8) is 0 Å². The number of H-pyrrole nitrogens is 1. The second-order valence-electron chi connectivity index (χ2n) is 7.16. The molecule has 1 amide bonds. The lowest BCUT2D eigenvalue weighted by Gasteiger charge is -2.23. The van der Waals surface area contributed by atoms with E-state index in [1.54, 1.807) is 17.6 Å². The predicted octanol–water partition coefficient (Wildman–Crippen LogP) is 2.63. The summed E-state index contributed by atoms with van der Waals surface area (Å²) in [6.07, 6.45) is 2.84. The molecule has 2 unspecified atom stereocenters. The third-order valence-corrected chi connectivity index (χ3v) is 5.32. The molecule has 1 aliphatic rings. The largest absolute Gasteiger partial charge is 0.361 e. The highest BCUT2D eigenvalue weighted by atomic mass is 16.6. The average Bonchev–Trinajstić information content (AvgIpc) is 3.14. The predicted molar refractivity (Wildman–Crippen MR) is 111 cm³/mol.